The lowest BCUT2D eigenvalue weighted by Crippen LogP contribution is -2.61. The standard InChI is InChI=1S/C25H33ClN4O6S/c1-15-22(29-21-7-6-19(10-20(21)26)37(5,32)33)27-14-28-23(15)36-18-8-16-11-34-12-17(9-18)30(16)24(31)35-13-25(2,3)4/h6-7,10,14,16-18H,8-9,11-13H2,1-5H3,(H,27,28,29). The molecule has 0 spiro atoms. The van der Waals surface area contributed by atoms with Crippen LogP contribution >= 0.6 is 11.6 Å². The van der Waals surface area contributed by atoms with Gasteiger partial charge in [-0.05, 0) is 30.5 Å². The Bertz CT molecular complexity index is 1250. The van der Waals surface area contributed by atoms with Gasteiger partial charge in [0.15, 0.2) is 9.84 Å². The van der Waals surface area contributed by atoms with Crippen molar-refractivity contribution in [1.82, 2.24) is 14.9 Å². The van der Waals surface area contributed by atoms with Gasteiger partial charge in [-0.1, -0.05) is 32.4 Å². The highest BCUT2D eigenvalue weighted by atomic mass is 35.5. The van der Waals surface area contributed by atoms with Crippen LogP contribution in [0.4, 0.5) is 16.3 Å². The zero-order valence-electron chi connectivity index (χ0n) is 21.7. The van der Waals surface area contributed by atoms with E-state index in [0.29, 0.717) is 55.6 Å². The SMILES string of the molecule is Cc1c(Nc2ccc(S(C)(=O)=O)cc2Cl)ncnc1OC1CC2COCC(C1)N2C(=O)OCC(C)(C)C. The molecule has 4 rings (SSSR count). The predicted molar refractivity (Wildman–Crippen MR) is 139 cm³/mol. The van der Waals surface area contributed by atoms with Crippen LogP contribution in [-0.2, 0) is 19.3 Å². The van der Waals surface area contributed by atoms with Crippen LogP contribution in [0.3, 0.4) is 0 Å². The molecule has 0 saturated carbocycles. The van der Waals surface area contributed by atoms with Crippen LogP contribution in [-0.4, -0.2) is 73.6 Å². The Morgan fingerprint density at radius 2 is 1.89 bits per heavy atom. The summed E-state index contributed by atoms with van der Waals surface area (Å²) in [5.74, 6) is 0.917. The molecule has 2 aromatic rings. The van der Waals surface area contributed by atoms with Crippen LogP contribution in [0.5, 0.6) is 5.88 Å². The molecule has 2 fully saturated rings. The van der Waals surface area contributed by atoms with Gasteiger partial charge in [-0.15, -0.1) is 0 Å². The maximum Gasteiger partial charge on any atom is 0.410 e. The molecule has 1 aromatic carbocycles. The first-order valence-corrected chi connectivity index (χ1v) is 14.4. The summed E-state index contributed by atoms with van der Waals surface area (Å²) in [5.41, 5.74) is 1.08. The van der Waals surface area contributed by atoms with E-state index in [-0.39, 0.29) is 39.6 Å². The Morgan fingerprint density at radius 3 is 2.49 bits per heavy atom. The molecule has 1 amide bonds. The second kappa shape index (κ2) is 10.6. The van der Waals surface area contributed by atoms with E-state index in [0.717, 1.165) is 6.26 Å². The number of halogens is 1. The summed E-state index contributed by atoms with van der Waals surface area (Å²) in [4.78, 5) is 23.4. The number of hydrogen-bond donors (Lipinski definition) is 1. The molecule has 2 aliphatic heterocycles. The van der Waals surface area contributed by atoms with Gasteiger partial charge in [-0.25, -0.2) is 23.2 Å². The van der Waals surface area contributed by atoms with Crippen LogP contribution in [0.25, 0.3) is 0 Å². The lowest BCUT2D eigenvalue weighted by atomic mass is 9.92. The number of nitrogens with one attached hydrogen (secondary N) is 1. The van der Waals surface area contributed by atoms with Crippen molar-refractivity contribution in [3.05, 3.63) is 35.1 Å². The van der Waals surface area contributed by atoms with Gasteiger partial charge >= 0.3 is 6.09 Å². The van der Waals surface area contributed by atoms with E-state index in [9.17, 15) is 13.2 Å². The number of hydrogen-bond acceptors (Lipinski definition) is 9. The molecule has 0 radical (unpaired) electrons. The van der Waals surface area contributed by atoms with Crippen LogP contribution in [0, 0.1) is 12.3 Å². The van der Waals surface area contributed by atoms with E-state index in [2.05, 4.69) is 15.3 Å². The smallest absolute Gasteiger partial charge is 0.410 e. The fourth-order valence-corrected chi connectivity index (χ4v) is 5.34. The minimum absolute atomic E-state index is 0.112. The highest BCUT2D eigenvalue weighted by molar-refractivity contribution is 7.90. The van der Waals surface area contributed by atoms with Crippen molar-refractivity contribution in [3.8, 4) is 5.88 Å². The van der Waals surface area contributed by atoms with Crippen molar-refractivity contribution >= 4 is 39.0 Å². The molecule has 0 aliphatic carbocycles. The van der Waals surface area contributed by atoms with Crippen molar-refractivity contribution in [2.45, 2.75) is 63.6 Å². The minimum atomic E-state index is -3.37. The molecule has 3 heterocycles. The number of anilines is 2. The average molecular weight is 553 g/mol. The fraction of sp³-hybridized carbons (Fsp3) is 0.560. The zero-order chi connectivity index (χ0) is 27.0. The largest absolute Gasteiger partial charge is 0.474 e. The van der Waals surface area contributed by atoms with E-state index < -0.39 is 9.84 Å². The number of fused-ring (bicyclic) bond motifs is 2. The van der Waals surface area contributed by atoms with Crippen LogP contribution in [0.2, 0.25) is 5.02 Å². The molecule has 37 heavy (non-hydrogen) atoms. The minimum Gasteiger partial charge on any atom is -0.474 e. The summed E-state index contributed by atoms with van der Waals surface area (Å²) < 4.78 is 41.2. The fourth-order valence-electron chi connectivity index (χ4n) is 4.40. The number of morpholine rings is 1. The number of sulfone groups is 1. The second-order valence-electron chi connectivity index (χ2n) is 10.8. The third-order valence-corrected chi connectivity index (χ3v) is 7.68. The molecule has 10 nitrogen and oxygen atoms in total. The van der Waals surface area contributed by atoms with E-state index in [1.165, 1.54) is 18.5 Å². The van der Waals surface area contributed by atoms with Gasteiger partial charge in [0.05, 0.1) is 53.1 Å². The Hall–Kier alpha value is -2.63. The highest BCUT2D eigenvalue weighted by Gasteiger charge is 2.43. The van der Waals surface area contributed by atoms with Gasteiger partial charge < -0.3 is 19.5 Å². The normalized spacial score (nSPS) is 21.9. The molecule has 2 unspecified atom stereocenters. The molecule has 2 atom stereocenters. The maximum atomic E-state index is 12.8. The van der Waals surface area contributed by atoms with Gasteiger partial charge in [-0.2, -0.15) is 0 Å². The third-order valence-electron chi connectivity index (χ3n) is 6.25. The number of nitrogens with zero attached hydrogens (tertiary/aromatic N) is 3. The molecule has 2 aliphatic rings. The number of benzene rings is 1. The van der Waals surface area contributed by atoms with Gasteiger partial charge in [0.1, 0.15) is 18.2 Å². The Kier molecular flexibility index (Phi) is 7.87. The number of ether oxygens (including phenoxy) is 3. The molecule has 2 bridgehead atoms. The lowest BCUT2D eigenvalue weighted by Gasteiger charge is -2.47. The van der Waals surface area contributed by atoms with E-state index >= 15 is 0 Å². The monoisotopic (exact) mass is 552 g/mol. The van der Waals surface area contributed by atoms with Crippen molar-refractivity contribution in [3.63, 3.8) is 0 Å². The molecule has 1 aromatic heterocycles. The van der Waals surface area contributed by atoms with Gasteiger partial charge in [0, 0.05) is 19.1 Å². The first-order chi connectivity index (χ1) is 17.3. The predicted octanol–water partition coefficient (Wildman–Crippen LogP) is 4.38. The van der Waals surface area contributed by atoms with Crippen molar-refractivity contribution < 1.29 is 27.4 Å². The van der Waals surface area contributed by atoms with Crippen molar-refractivity contribution in [2.75, 3.05) is 31.4 Å². The van der Waals surface area contributed by atoms with Gasteiger partial charge in [0.2, 0.25) is 5.88 Å². The number of rotatable bonds is 6. The van der Waals surface area contributed by atoms with Crippen LogP contribution in [0.15, 0.2) is 29.4 Å². The van der Waals surface area contributed by atoms with E-state index in [1.807, 2.05) is 27.7 Å². The van der Waals surface area contributed by atoms with Crippen LogP contribution in [0.1, 0.15) is 39.2 Å². The van der Waals surface area contributed by atoms with Crippen molar-refractivity contribution in [2.24, 2.45) is 5.41 Å². The Morgan fingerprint density at radius 1 is 1.22 bits per heavy atom. The van der Waals surface area contributed by atoms with E-state index in [4.69, 9.17) is 25.8 Å². The summed E-state index contributed by atoms with van der Waals surface area (Å²) in [7, 11) is -3.37. The van der Waals surface area contributed by atoms with Gasteiger partial charge in [-0.3, -0.25) is 4.90 Å². The maximum absolute atomic E-state index is 12.8. The number of carbonyl (C=O) groups is 1. The summed E-state index contributed by atoms with van der Waals surface area (Å²) in [5, 5.41) is 3.39. The molecule has 1 N–H and O–H groups in total. The topological polar surface area (TPSA) is 120 Å². The molecular formula is C25H33ClN4O6S. The number of piperidine rings is 1. The average Bonchev–Trinajstić information content (AvgIpc) is 2.79. The van der Waals surface area contributed by atoms with Crippen molar-refractivity contribution in [1.29, 1.82) is 0 Å². The number of carbonyl (C=O) groups excluding carboxylic acids is 1. The first kappa shape index (κ1) is 27.4. The molecular weight excluding hydrogens is 520 g/mol. The van der Waals surface area contributed by atoms with E-state index in [1.54, 1.807) is 11.0 Å². The zero-order valence-corrected chi connectivity index (χ0v) is 23.2. The summed E-state index contributed by atoms with van der Waals surface area (Å²) in [6.07, 6.45) is 3.23. The van der Waals surface area contributed by atoms with Crippen LogP contribution < -0.4 is 10.1 Å². The molecule has 2 saturated heterocycles. The molecule has 12 heteroatoms. The summed E-state index contributed by atoms with van der Waals surface area (Å²) >= 11 is 6.32. The summed E-state index contributed by atoms with van der Waals surface area (Å²) in [6.45, 7) is 9.11. The molecule has 202 valence electrons. The third kappa shape index (κ3) is 6.63. The first-order valence-electron chi connectivity index (χ1n) is 12.1. The second-order valence-corrected chi connectivity index (χ2v) is 13.2. The highest BCUT2D eigenvalue weighted by Crippen LogP contribution is 2.34. The Labute approximate surface area is 222 Å². The number of amides is 1. The summed E-state index contributed by atoms with van der Waals surface area (Å²) in [6, 6.07) is 4.19. The quantitative estimate of drug-likeness (QED) is 0.556. The lowest BCUT2D eigenvalue weighted by molar-refractivity contribution is -0.0928. The number of aromatic nitrogens is 2. The van der Waals surface area contributed by atoms with Gasteiger partial charge in [0.25, 0.3) is 0 Å². The Balaban J connectivity index is 1.45.